The van der Waals surface area contributed by atoms with Crippen molar-refractivity contribution in [1.82, 2.24) is 9.88 Å². The Morgan fingerprint density at radius 3 is 2.56 bits per heavy atom. The maximum Gasteiger partial charge on any atom is 0.0635 e. The summed E-state index contributed by atoms with van der Waals surface area (Å²) in [5.74, 6) is 0. The Bertz CT molecular complexity index is 327. The second-order valence-electron chi connectivity index (χ2n) is 4.14. The smallest absolute Gasteiger partial charge is 0.0635 e. The van der Waals surface area contributed by atoms with Crippen molar-refractivity contribution in [3.05, 3.63) is 30.1 Å². The van der Waals surface area contributed by atoms with E-state index in [0.29, 0.717) is 12.5 Å². The highest BCUT2D eigenvalue weighted by Gasteiger charge is 2.08. The molecule has 3 nitrogen and oxygen atoms in total. The van der Waals surface area contributed by atoms with Crippen molar-refractivity contribution in [2.24, 2.45) is 0 Å². The highest BCUT2D eigenvalue weighted by molar-refractivity contribution is 5.09. The van der Waals surface area contributed by atoms with Gasteiger partial charge in [-0.15, -0.1) is 0 Å². The Kier molecular flexibility index (Phi) is 5.52. The van der Waals surface area contributed by atoms with Crippen LogP contribution >= 0.6 is 0 Å². The molecule has 0 aromatic carbocycles. The van der Waals surface area contributed by atoms with Gasteiger partial charge in [-0.3, -0.25) is 9.88 Å². The molecule has 0 N–H and O–H groups in total. The molecule has 0 aliphatic heterocycles. The van der Waals surface area contributed by atoms with Gasteiger partial charge in [0.1, 0.15) is 0 Å². The molecule has 0 unspecified atom stereocenters. The van der Waals surface area contributed by atoms with Crippen molar-refractivity contribution in [1.29, 1.82) is 5.26 Å². The van der Waals surface area contributed by atoms with E-state index in [1.165, 1.54) is 5.56 Å². The van der Waals surface area contributed by atoms with Crippen LogP contribution in [0.25, 0.3) is 0 Å². The Labute approximate surface area is 97.7 Å². The van der Waals surface area contributed by atoms with Gasteiger partial charge < -0.3 is 0 Å². The number of aromatic nitrogens is 1. The summed E-state index contributed by atoms with van der Waals surface area (Å²) in [7, 11) is 0. The molecule has 1 heterocycles. The van der Waals surface area contributed by atoms with Crippen LogP contribution in [0, 0.1) is 11.3 Å². The lowest BCUT2D eigenvalue weighted by Crippen LogP contribution is -2.33. The quantitative estimate of drug-likeness (QED) is 0.733. The standard InChI is InChI=1S/C13H19N3/c1-12(2)16(10-3-7-14)11-6-13-4-8-15-9-5-13/h4-5,8-9,12H,3,6,10-11H2,1-2H3. The van der Waals surface area contributed by atoms with Crippen molar-refractivity contribution in [2.75, 3.05) is 13.1 Å². The molecule has 0 saturated carbocycles. The van der Waals surface area contributed by atoms with Gasteiger partial charge in [0.05, 0.1) is 6.07 Å². The molecular weight excluding hydrogens is 198 g/mol. The van der Waals surface area contributed by atoms with Crippen molar-refractivity contribution >= 4 is 0 Å². The Morgan fingerprint density at radius 1 is 1.31 bits per heavy atom. The summed E-state index contributed by atoms with van der Waals surface area (Å²) in [4.78, 5) is 6.34. The van der Waals surface area contributed by atoms with E-state index in [0.717, 1.165) is 19.5 Å². The zero-order chi connectivity index (χ0) is 11.8. The van der Waals surface area contributed by atoms with Gasteiger partial charge in [0.2, 0.25) is 0 Å². The number of hydrogen-bond donors (Lipinski definition) is 0. The molecule has 0 aliphatic rings. The van der Waals surface area contributed by atoms with E-state index in [-0.39, 0.29) is 0 Å². The molecule has 86 valence electrons. The predicted molar refractivity (Wildman–Crippen MR) is 64.9 cm³/mol. The molecule has 0 atom stereocenters. The van der Waals surface area contributed by atoms with Crippen molar-refractivity contribution in [3.63, 3.8) is 0 Å². The molecule has 0 aliphatic carbocycles. The van der Waals surface area contributed by atoms with E-state index in [1.54, 1.807) is 0 Å². The molecule has 0 bridgehead atoms. The van der Waals surface area contributed by atoms with Crippen molar-refractivity contribution < 1.29 is 0 Å². The Hall–Kier alpha value is -1.40. The number of nitrogens with zero attached hydrogens (tertiary/aromatic N) is 3. The number of nitriles is 1. The third kappa shape index (κ3) is 4.41. The average molecular weight is 217 g/mol. The molecule has 1 aromatic heterocycles. The normalized spacial score (nSPS) is 10.7. The van der Waals surface area contributed by atoms with Crippen LogP contribution in [-0.4, -0.2) is 29.0 Å². The van der Waals surface area contributed by atoms with Gasteiger partial charge in [0.25, 0.3) is 0 Å². The van der Waals surface area contributed by atoms with E-state index in [4.69, 9.17) is 5.26 Å². The fraction of sp³-hybridized carbons (Fsp3) is 0.538. The number of hydrogen-bond acceptors (Lipinski definition) is 3. The monoisotopic (exact) mass is 217 g/mol. The first-order valence-corrected chi connectivity index (χ1v) is 5.74. The molecule has 0 saturated heterocycles. The Balaban J connectivity index is 2.41. The summed E-state index contributed by atoms with van der Waals surface area (Å²) in [6.07, 6.45) is 5.27. The van der Waals surface area contributed by atoms with E-state index < -0.39 is 0 Å². The average Bonchev–Trinajstić information content (AvgIpc) is 2.30. The van der Waals surface area contributed by atoms with E-state index >= 15 is 0 Å². The Morgan fingerprint density at radius 2 is 2.00 bits per heavy atom. The zero-order valence-corrected chi connectivity index (χ0v) is 10.1. The molecule has 3 heteroatoms. The summed E-state index contributed by atoms with van der Waals surface area (Å²) >= 11 is 0. The first kappa shape index (κ1) is 12.7. The minimum absolute atomic E-state index is 0.496. The van der Waals surface area contributed by atoms with Gasteiger partial charge in [-0.05, 0) is 38.0 Å². The SMILES string of the molecule is CC(C)N(CCC#N)CCc1ccncc1. The summed E-state index contributed by atoms with van der Waals surface area (Å²) < 4.78 is 0. The zero-order valence-electron chi connectivity index (χ0n) is 10.1. The minimum atomic E-state index is 0.496. The van der Waals surface area contributed by atoms with Crippen LogP contribution in [0.4, 0.5) is 0 Å². The predicted octanol–water partition coefficient (Wildman–Crippen LogP) is 2.25. The topological polar surface area (TPSA) is 39.9 Å². The van der Waals surface area contributed by atoms with Gasteiger partial charge in [0.15, 0.2) is 0 Å². The molecule has 0 spiro atoms. The van der Waals surface area contributed by atoms with E-state index in [9.17, 15) is 0 Å². The third-order valence-corrected chi connectivity index (χ3v) is 2.68. The largest absolute Gasteiger partial charge is 0.300 e. The summed E-state index contributed by atoms with van der Waals surface area (Å²) in [5, 5.41) is 8.60. The first-order valence-electron chi connectivity index (χ1n) is 5.74. The van der Waals surface area contributed by atoms with Crippen LogP contribution in [-0.2, 0) is 6.42 Å². The first-order chi connectivity index (χ1) is 7.74. The third-order valence-electron chi connectivity index (χ3n) is 2.68. The van der Waals surface area contributed by atoms with Crippen LogP contribution in [0.2, 0.25) is 0 Å². The lowest BCUT2D eigenvalue weighted by molar-refractivity contribution is 0.229. The maximum absolute atomic E-state index is 8.60. The van der Waals surface area contributed by atoms with E-state index in [2.05, 4.69) is 29.8 Å². The fourth-order valence-electron chi connectivity index (χ4n) is 1.64. The van der Waals surface area contributed by atoms with Crippen LogP contribution < -0.4 is 0 Å². The lowest BCUT2D eigenvalue weighted by atomic mass is 10.1. The highest BCUT2D eigenvalue weighted by atomic mass is 15.1. The van der Waals surface area contributed by atoms with Crippen LogP contribution in [0.5, 0.6) is 0 Å². The molecule has 0 radical (unpaired) electrons. The minimum Gasteiger partial charge on any atom is -0.300 e. The molecule has 1 aromatic rings. The second-order valence-corrected chi connectivity index (χ2v) is 4.14. The van der Waals surface area contributed by atoms with Crippen molar-refractivity contribution in [3.8, 4) is 6.07 Å². The fourth-order valence-corrected chi connectivity index (χ4v) is 1.64. The number of pyridine rings is 1. The van der Waals surface area contributed by atoms with Crippen LogP contribution in [0.15, 0.2) is 24.5 Å². The molecular formula is C13H19N3. The van der Waals surface area contributed by atoms with Gasteiger partial charge >= 0.3 is 0 Å². The molecule has 0 fully saturated rings. The van der Waals surface area contributed by atoms with Crippen LogP contribution in [0.3, 0.4) is 0 Å². The second kappa shape index (κ2) is 6.97. The van der Waals surface area contributed by atoms with E-state index in [1.807, 2.05) is 24.5 Å². The number of rotatable bonds is 6. The molecule has 1 rings (SSSR count). The summed E-state index contributed by atoms with van der Waals surface area (Å²) in [6, 6.07) is 6.78. The van der Waals surface area contributed by atoms with Gasteiger partial charge in [-0.2, -0.15) is 5.26 Å². The van der Waals surface area contributed by atoms with Gasteiger partial charge in [0, 0.05) is 37.9 Å². The summed E-state index contributed by atoms with van der Waals surface area (Å²) in [6.45, 7) is 6.20. The highest BCUT2D eigenvalue weighted by Crippen LogP contribution is 2.04. The molecule has 0 amide bonds. The maximum atomic E-state index is 8.60. The lowest BCUT2D eigenvalue weighted by Gasteiger charge is -2.25. The van der Waals surface area contributed by atoms with Crippen molar-refractivity contribution in [2.45, 2.75) is 32.7 Å². The summed E-state index contributed by atoms with van der Waals surface area (Å²) in [5.41, 5.74) is 1.30. The van der Waals surface area contributed by atoms with Gasteiger partial charge in [-0.25, -0.2) is 0 Å². The van der Waals surface area contributed by atoms with Crippen LogP contribution in [0.1, 0.15) is 25.8 Å². The molecule has 16 heavy (non-hydrogen) atoms. The van der Waals surface area contributed by atoms with Gasteiger partial charge in [-0.1, -0.05) is 0 Å².